The van der Waals surface area contributed by atoms with Crippen molar-refractivity contribution in [3.05, 3.63) is 129 Å². The van der Waals surface area contributed by atoms with E-state index in [-0.39, 0.29) is 111 Å². The first-order valence-corrected chi connectivity index (χ1v) is 33.3. The highest BCUT2D eigenvalue weighted by Gasteiger charge is 2.47. The molecule has 6 heterocycles. The van der Waals surface area contributed by atoms with Gasteiger partial charge < -0.3 is 40.2 Å². The van der Waals surface area contributed by atoms with Gasteiger partial charge in [-0.25, -0.2) is 27.4 Å². The molecule has 0 saturated heterocycles. The molecule has 0 bridgehead atoms. The molecule has 5 aliphatic rings. The summed E-state index contributed by atoms with van der Waals surface area (Å²) in [6, 6.07) is 6.55. The molecule has 4 aromatic rings. The van der Waals surface area contributed by atoms with E-state index in [9.17, 15) is 56.7 Å². The zero-order chi connectivity index (χ0) is 67.1. The highest BCUT2D eigenvalue weighted by molar-refractivity contribution is 7.90. The number of ketones is 2. The second kappa shape index (κ2) is 29.4. The maximum Gasteiger partial charge on any atom is 0.411 e. The lowest BCUT2D eigenvalue weighted by Crippen LogP contribution is -2.44. The number of ether oxygens (including phenoxy) is 3. The Hall–Kier alpha value is -8.82. The Kier molecular flexibility index (Phi) is 21.7. The van der Waals surface area contributed by atoms with Crippen LogP contribution in [0.3, 0.4) is 0 Å². The van der Waals surface area contributed by atoms with Crippen molar-refractivity contribution in [3.8, 4) is 0 Å². The van der Waals surface area contributed by atoms with Crippen LogP contribution in [0, 0.1) is 24.6 Å². The summed E-state index contributed by atoms with van der Waals surface area (Å²) in [7, 11) is -3.57. The van der Waals surface area contributed by atoms with Crippen molar-refractivity contribution in [3.63, 3.8) is 0 Å². The highest BCUT2D eigenvalue weighted by atomic mass is 32.2. The number of aromatic nitrogens is 4. The second-order valence-electron chi connectivity index (χ2n) is 24.7. The Morgan fingerprint density at radius 1 is 0.957 bits per heavy atom. The first kappa shape index (κ1) is 68.5. The predicted molar refractivity (Wildman–Crippen MR) is 335 cm³/mol. The molecule has 496 valence electrons. The summed E-state index contributed by atoms with van der Waals surface area (Å²) < 4.78 is 58.3. The summed E-state index contributed by atoms with van der Waals surface area (Å²) in [5.41, 5.74) is 4.95. The standard InChI is InChI=1S/C66H79FN10O15S/c1-8-66(87)41(6)92-64(85)48-33-75-34-49-61-52(20-19-46-39(4)51(67)30-53(60(46)61)71-62(49)54(75)29-50(48)66)70-57(81)36-90-37-74(25-26-93(7,88)89)65(86)91-35-43-17-15-42(16-18-43)27-55(79)40(5)69-63(84)47(38(2)3)28-45(78)13-12-23-76-32-44(72-73-76)31-68-56(80)14-10-9-11-24-77-58(82)21-22-59(77)83/h15-18,21-22,29-30,32,38,40,47,52,87H,6,8-14,19-20,23-28,31,33-37H2,1-5,7H3,(H,68,80)(H,69,84)(H,70,81)/t40-,47-,52-,66+/m0/s1. The first-order chi connectivity index (χ1) is 44.2. The van der Waals surface area contributed by atoms with Gasteiger partial charge in [-0.05, 0) is 92.2 Å². The molecule has 1 aliphatic carbocycles. The van der Waals surface area contributed by atoms with Crippen molar-refractivity contribution in [2.24, 2.45) is 11.8 Å². The van der Waals surface area contributed by atoms with Crippen molar-refractivity contribution >= 4 is 79.6 Å². The number of nitrogens with one attached hydrogen (secondary N) is 3. The SMILES string of the molecule is C=C1OC(=O)C2=C(C=C3c4nc5cc(F)c(C)c6c5c(c4CN3C2)[C@@H](NC(=O)COCN(CCS(C)(=O)=O)C(=O)OCc2ccc(CC(=O)[C@H](C)NC(=O)[C@@H](CC(=O)CCCn3cc(CNC(=O)CCCCCN4C(=O)C=CC4=O)nn3)C(C)C)cc2)CC6)[C@@]1(O)CC. The molecule has 27 heteroatoms. The number of fused-ring (bicyclic) bond motifs is 4. The van der Waals surface area contributed by atoms with Gasteiger partial charge in [-0.1, -0.05) is 63.2 Å². The van der Waals surface area contributed by atoms with E-state index in [1.807, 2.05) is 18.7 Å². The van der Waals surface area contributed by atoms with Gasteiger partial charge in [0.05, 0.1) is 59.6 Å². The van der Waals surface area contributed by atoms with Crippen LogP contribution < -0.4 is 16.0 Å². The molecule has 2 aromatic heterocycles. The van der Waals surface area contributed by atoms with Crippen LogP contribution in [-0.4, -0.2) is 158 Å². The Bertz CT molecular complexity index is 3860. The molecule has 0 fully saturated rings. The quantitative estimate of drug-likeness (QED) is 0.0219. The highest BCUT2D eigenvalue weighted by Crippen LogP contribution is 2.49. The maximum absolute atomic E-state index is 15.5. The number of halogens is 1. The Morgan fingerprint density at radius 3 is 2.40 bits per heavy atom. The smallest absolute Gasteiger partial charge is 0.411 e. The molecule has 4 aliphatic heterocycles. The van der Waals surface area contributed by atoms with Gasteiger partial charge in [-0.2, -0.15) is 0 Å². The Morgan fingerprint density at radius 2 is 1.69 bits per heavy atom. The first-order valence-electron chi connectivity index (χ1n) is 31.3. The largest absolute Gasteiger partial charge is 0.444 e. The molecule has 93 heavy (non-hydrogen) atoms. The molecule has 9 rings (SSSR count). The third-order valence-electron chi connectivity index (χ3n) is 17.6. The van der Waals surface area contributed by atoms with Crippen LogP contribution >= 0.6 is 0 Å². The minimum Gasteiger partial charge on any atom is -0.444 e. The Balaban J connectivity index is 0.713. The van der Waals surface area contributed by atoms with Gasteiger partial charge in [-0.3, -0.25) is 48.0 Å². The summed E-state index contributed by atoms with van der Waals surface area (Å²) in [6.07, 6.45) is 9.67. The summed E-state index contributed by atoms with van der Waals surface area (Å²) in [4.78, 5) is 125. The van der Waals surface area contributed by atoms with Crippen LogP contribution in [0.5, 0.6) is 0 Å². The zero-order valence-electron chi connectivity index (χ0n) is 53.1. The van der Waals surface area contributed by atoms with Crippen molar-refractivity contribution in [1.29, 1.82) is 0 Å². The van der Waals surface area contributed by atoms with E-state index >= 15 is 4.39 Å². The van der Waals surface area contributed by atoms with Gasteiger partial charge in [0.2, 0.25) is 17.7 Å². The normalized spacial score (nSPS) is 18.0. The molecule has 0 unspecified atom stereocenters. The summed E-state index contributed by atoms with van der Waals surface area (Å²) >= 11 is 0. The number of amides is 6. The number of nitrogens with zero attached hydrogens (tertiary/aromatic N) is 7. The number of imide groups is 1. The van der Waals surface area contributed by atoms with Crippen LogP contribution in [0.15, 0.2) is 78.2 Å². The number of carbonyl (C=O) groups is 9. The fraction of sp³-hybridized carbons (Fsp3) is 0.485. The predicted octanol–water partition coefficient (Wildman–Crippen LogP) is 5.14. The molecule has 6 amide bonds. The van der Waals surface area contributed by atoms with E-state index < -0.39 is 82.2 Å². The topological polar surface area (TPSA) is 325 Å². The number of rotatable bonds is 31. The lowest BCUT2D eigenvalue weighted by atomic mass is 9.81. The number of pyridine rings is 1. The number of cyclic esters (lactones) is 1. The van der Waals surface area contributed by atoms with Gasteiger partial charge in [0.1, 0.15) is 58.4 Å². The van der Waals surface area contributed by atoms with Crippen LogP contribution in [0.4, 0.5) is 9.18 Å². The third-order valence-corrected chi connectivity index (χ3v) is 18.6. The number of esters is 1. The number of unbranched alkanes of at least 4 members (excludes halogenated alkanes) is 2. The lowest BCUT2D eigenvalue weighted by molar-refractivity contribution is -0.140. The van der Waals surface area contributed by atoms with E-state index in [1.54, 1.807) is 62.0 Å². The molecular weight excluding hydrogens is 1220 g/mol. The molecular formula is C66H79FN10O15S. The summed E-state index contributed by atoms with van der Waals surface area (Å²) in [5, 5.41) is 29.2. The number of Topliss-reactive ketones (excluding diaryl/α,β-unsaturated/α-hetero) is 2. The van der Waals surface area contributed by atoms with Crippen molar-refractivity contribution in [2.75, 3.05) is 45.0 Å². The zero-order valence-corrected chi connectivity index (χ0v) is 54.0. The van der Waals surface area contributed by atoms with E-state index in [0.717, 1.165) is 27.8 Å². The van der Waals surface area contributed by atoms with Crippen LogP contribution in [0.1, 0.15) is 136 Å². The minimum atomic E-state index is -3.57. The summed E-state index contributed by atoms with van der Waals surface area (Å²) in [5.74, 6) is -4.65. The monoisotopic (exact) mass is 1300 g/mol. The van der Waals surface area contributed by atoms with Crippen molar-refractivity contribution in [2.45, 2.75) is 149 Å². The van der Waals surface area contributed by atoms with Gasteiger partial charge in [0, 0.05) is 98.8 Å². The lowest BCUT2D eigenvalue weighted by Gasteiger charge is -2.39. The van der Waals surface area contributed by atoms with E-state index in [1.165, 1.54) is 23.1 Å². The van der Waals surface area contributed by atoms with Crippen LogP contribution in [-0.2, 0) is 101 Å². The van der Waals surface area contributed by atoms with Gasteiger partial charge in [0.25, 0.3) is 11.8 Å². The van der Waals surface area contributed by atoms with Gasteiger partial charge >= 0.3 is 12.1 Å². The average molecular weight is 1300 g/mol. The molecule has 0 spiro atoms. The molecule has 4 atom stereocenters. The summed E-state index contributed by atoms with van der Waals surface area (Å²) in [6.45, 7) is 12.2. The van der Waals surface area contributed by atoms with Crippen molar-refractivity contribution < 1.29 is 75.3 Å². The number of sulfone groups is 1. The Labute approximate surface area is 538 Å². The fourth-order valence-electron chi connectivity index (χ4n) is 12.2. The second-order valence-corrected chi connectivity index (χ2v) is 27.0. The van der Waals surface area contributed by atoms with Crippen molar-refractivity contribution in [1.82, 2.24) is 50.6 Å². The number of hydrogen-bond acceptors (Lipinski definition) is 19. The van der Waals surface area contributed by atoms with E-state index in [0.29, 0.717) is 102 Å². The van der Waals surface area contributed by atoms with Crippen LogP contribution in [0.2, 0.25) is 0 Å². The number of aryl methyl sites for hydroxylation is 2. The fourth-order valence-corrected chi connectivity index (χ4v) is 12.7. The van der Waals surface area contributed by atoms with Gasteiger partial charge in [-0.15, -0.1) is 5.10 Å². The number of aliphatic hydroxyl groups is 1. The van der Waals surface area contributed by atoms with E-state index in [2.05, 4.69) is 32.8 Å². The number of benzene rings is 2. The molecule has 25 nitrogen and oxygen atoms in total. The molecule has 0 saturated carbocycles. The molecule has 0 radical (unpaired) electrons. The maximum atomic E-state index is 15.5. The average Bonchev–Trinajstić information content (AvgIpc) is 1.66. The van der Waals surface area contributed by atoms with Gasteiger partial charge in [0.15, 0.2) is 5.78 Å². The minimum absolute atomic E-state index is 0.0233. The molecule has 4 N–H and O–H groups in total. The number of carbonyl (C=O) groups excluding carboxylic acids is 9. The number of hydrogen-bond donors (Lipinski definition) is 4. The van der Waals surface area contributed by atoms with E-state index in [4.69, 9.17) is 19.2 Å². The molecule has 2 aromatic carbocycles. The third kappa shape index (κ3) is 16.3. The van der Waals surface area contributed by atoms with Crippen LogP contribution in [0.25, 0.3) is 16.6 Å².